The van der Waals surface area contributed by atoms with Crippen LogP contribution in [0.4, 0.5) is 5.69 Å². The second-order valence-corrected chi connectivity index (χ2v) is 4.17. The molecule has 0 saturated carbocycles. The molecule has 0 spiro atoms. The fourth-order valence-corrected chi connectivity index (χ4v) is 2.02. The normalized spacial score (nSPS) is 10.6. The van der Waals surface area contributed by atoms with Crippen LogP contribution in [-0.4, -0.2) is 16.6 Å². The largest absolute Gasteiger partial charge is 0.491 e. The summed E-state index contributed by atoms with van der Waals surface area (Å²) >= 11 is 0. The van der Waals surface area contributed by atoms with E-state index in [0.29, 0.717) is 18.0 Å². The standard InChI is InChI=1S/C14H19N3O/c1-4-12-9(3)16-14(17-12)10-7-6-8-11(15)13(10)18-5-2/h6-8H,4-5,15H2,1-3H3,(H,16,17). The Labute approximate surface area is 107 Å². The van der Waals surface area contributed by atoms with Gasteiger partial charge in [0.2, 0.25) is 0 Å². The first-order chi connectivity index (χ1) is 8.67. The van der Waals surface area contributed by atoms with E-state index in [0.717, 1.165) is 29.2 Å². The summed E-state index contributed by atoms with van der Waals surface area (Å²) in [6.45, 7) is 6.65. The van der Waals surface area contributed by atoms with Gasteiger partial charge in [0, 0.05) is 5.69 Å². The molecule has 0 aliphatic carbocycles. The lowest BCUT2D eigenvalue weighted by atomic mass is 10.1. The molecule has 2 aromatic rings. The Balaban J connectivity index is 2.52. The second-order valence-electron chi connectivity index (χ2n) is 4.17. The van der Waals surface area contributed by atoms with E-state index in [2.05, 4.69) is 16.9 Å². The van der Waals surface area contributed by atoms with Crippen molar-refractivity contribution in [2.24, 2.45) is 0 Å². The summed E-state index contributed by atoms with van der Waals surface area (Å²) in [6, 6.07) is 5.72. The number of nitrogens with two attached hydrogens (primary N) is 1. The van der Waals surface area contributed by atoms with Crippen molar-refractivity contribution in [2.45, 2.75) is 27.2 Å². The predicted octanol–water partition coefficient (Wildman–Crippen LogP) is 2.93. The minimum Gasteiger partial charge on any atom is -0.491 e. The van der Waals surface area contributed by atoms with Gasteiger partial charge in [-0.3, -0.25) is 0 Å². The molecule has 3 N–H and O–H groups in total. The van der Waals surface area contributed by atoms with Gasteiger partial charge in [-0.2, -0.15) is 0 Å². The lowest BCUT2D eigenvalue weighted by Crippen LogP contribution is -1.99. The number of aromatic nitrogens is 2. The Morgan fingerprint density at radius 1 is 1.33 bits per heavy atom. The fourth-order valence-electron chi connectivity index (χ4n) is 2.02. The average molecular weight is 245 g/mol. The lowest BCUT2D eigenvalue weighted by molar-refractivity contribution is 0.343. The second kappa shape index (κ2) is 5.12. The third-order valence-electron chi connectivity index (χ3n) is 2.91. The Bertz CT molecular complexity index is 546. The third-order valence-corrected chi connectivity index (χ3v) is 2.91. The van der Waals surface area contributed by atoms with Crippen molar-refractivity contribution in [1.82, 2.24) is 9.97 Å². The van der Waals surface area contributed by atoms with Crippen molar-refractivity contribution in [2.75, 3.05) is 12.3 Å². The van der Waals surface area contributed by atoms with Crippen LogP contribution in [0, 0.1) is 6.92 Å². The first-order valence-electron chi connectivity index (χ1n) is 6.24. The number of H-pyrrole nitrogens is 1. The summed E-state index contributed by atoms with van der Waals surface area (Å²) in [6.07, 6.45) is 0.911. The number of imidazole rings is 1. The van der Waals surface area contributed by atoms with E-state index in [1.807, 2.05) is 32.0 Å². The molecule has 4 nitrogen and oxygen atoms in total. The van der Waals surface area contributed by atoms with Crippen LogP contribution in [0.1, 0.15) is 25.2 Å². The van der Waals surface area contributed by atoms with Crippen molar-refractivity contribution in [3.8, 4) is 17.1 Å². The van der Waals surface area contributed by atoms with Crippen LogP contribution in [0.25, 0.3) is 11.4 Å². The van der Waals surface area contributed by atoms with Crippen molar-refractivity contribution >= 4 is 5.69 Å². The smallest absolute Gasteiger partial charge is 0.153 e. The van der Waals surface area contributed by atoms with Gasteiger partial charge >= 0.3 is 0 Å². The number of anilines is 1. The number of nitrogen functional groups attached to an aromatic ring is 1. The minimum absolute atomic E-state index is 0.585. The molecule has 0 atom stereocenters. The molecule has 0 fully saturated rings. The molecule has 18 heavy (non-hydrogen) atoms. The summed E-state index contributed by atoms with van der Waals surface area (Å²) in [5.74, 6) is 1.52. The molecule has 0 aliphatic rings. The third kappa shape index (κ3) is 2.18. The van der Waals surface area contributed by atoms with Crippen LogP contribution in [0.2, 0.25) is 0 Å². The van der Waals surface area contributed by atoms with Crippen molar-refractivity contribution in [3.05, 3.63) is 29.6 Å². The monoisotopic (exact) mass is 245 g/mol. The van der Waals surface area contributed by atoms with E-state index in [1.54, 1.807) is 0 Å². The summed E-state index contributed by atoms with van der Waals surface area (Å²) in [5.41, 5.74) is 9.69. The highest BCUT2D eigenvalue weighted by Gasteiger charge is 2.13. The van der Waals surface area contributed by atoms with Crippen LogP contribution in [0.5, 0.6) is 5.75 Å². The molecule has 96 valence electrons. The number of nitrogens with zero attached hydrogens (tertiary/aromatic N) is 1. The van der Waals surface area contributed by atoms with E-state index in [1.165, 1.54) is 0 Å². The zero-order valence-electron chi connectivity index (χ0n) is 11.1. The van der Waals surface area contributed by atoms with Gasteiger partial charge in [-0.05, 0) is 32.4 Å². The summed E-state index contributed by atoms with van der Waals surface area (Å²) in [7, 11) is 0. The molecular weight excluding hydrogens is 226 g/mol. The van der Waals surface area contributed by atoms with Crippen LogP contribution >= 0.6 is 0 Å². The molecule has 1 aromatic heterocycles. The van der Waals surface area contributed by atoms with Gasteiger partial charge in [-0.15, -0.1) is 0 Å². The summed E-state index contributed by atoms with van der Waals surface area (Å²) in [4.78, 5) is 7.88. The molecule has 0 radical (unpaired) electrons. The van der Waals surface area contributed by atoms with E-state index in [4.69, 9.17) is 10.5 Å². The number of rotatable bonds is 4. The van der Waals surface area contributed by atoms with Gasteiger partial charge in [-0.1, -0.05) is 13.0 Å². The Hall–Kier alpha value is -1.97. The minimum atomic E-state index is 0.585. The van der Waals surface area contributed by atoms with Gasteiger partial charge in [0.1, 0.15) is 5.82 Å². The van der Waals surface area contributed by atoms with Crippen LogP contribution in [0.3, 0.4) is 0 Å². The molecule has 0 amide bonds. The first kappa shape index (κ1) is 12.5. The fraction of sp³-hybridized carbons (Fsp3) is 0.357. The zero-order chi connectivity index (χ0) is 13.1. The summed E-state index contributed by atoms with van der Waals surface area (Å²) in [5, 5.41) is 0. The number of benzene rings is 1. The molecule has 2 rings (SSSR count). The first-order valence-corrected chi connectivity index (χ1v) is 6.24. The highest BCUT2D eigenvalue weighted by atomic mass is 16.5. The number of para-hydroxylation sites is 1. The average Bonchev–Trinajstić information content (AvgIpc) is 2.73. The number of ether oxygens (including phenoxy) is 1. The molecule has 0 bridgehead atoms. The molecule has 0 aliphatic heterocycles. The topological polar surface area (TPSA) is 63.9 Å². The quantitative estimate of drug-likeness (QED) is 0.814. The maximum Gasteiger partial charge on any atom is 0.153 e. The zero-order valence-corrected chi connectivity index (χ0v) is 11.1. The van der Waals surface area contributed by atoms with E-state index in [9.17, 15) is 0 Å². The molecule has 4 heteroatoms. The SMILES string of the molecule is CCOc1c(N)cccc1-c1nc(CC)c(C)[nH]1. The molecular formula is C14H19N3O. The molecule has 0 saturated heterocycles. The number of hydrogen-bond acceptors (Lipinski definition) is 3. The maximum atomic E-state index is 5.96. The van der Waals surface area contributed by atoms with Crippen molar-refractivity contribution in [3.63, 3.8) is 0 Å². The lowest BCUT2D eigenvalue weighted by Gasteiger charge is -2.10. The maximum absolute atomic E-state index is 5.96. The number of aromatic amines is 1. The highest BCUT2D eigenvalue weighted by Crippen LogP contribution is 2.33. The number of hydrogen-bond donors (Lipinski definition) is 2. The van der Waals surface area contributed by atoms with Gasteiger partial charge in [0.05, 0.1) is 23.6 Å². The Morgan fingerprint density at radius 3 is 2.72 bits per heavy atom. The Morgan fingerprint density at radius 2 is 2.11 bits per heavy atom. The van der Waals surface area contributed by atoms with Crippen molar-refractivity contribution in [1.29, 1.82) is 0 Å². The van der Waals surface area contributed by atoms with Gasteiger partial charge < -0.3 is 15.5 Å². The van der Waals surface area contributed by atoms with Gasteiger partial charge in [-0.25, -0.2) is 4.98 Å². The Kier molecular flexibility index (Phi) is 3.55. The van der Waals surface area contributed by atoms with Crippen LogP contribution < -0.4 is 10.5 Å². The number of aryl methyl sites for hydroxylation is 2. The summed E-state index contributed by atoms with van der Waals surface area (Å²) < 4.78 is 5.62. The van der Waals surface area contributed by atoms with Crippen LogP contribution in [0.15, 0.2) is 18.2 Å². The van der Waals surface area contributed by atoms with Crippen molar-refractivity contribution < 1.29 is 4.74 Å². The molecule has 1 aromatic carbocycles. The van der Waals surface area contributed by atoms with E-state index < -0.39 is 0 Å². The van der Waals surface area contributed by atoms with Crippen LogP contribution in [-0.2, 0) is 6.42 Å². The van der Waals surface area contributed by atoms with E-state index >= 15 is 0 Å². The highest BCUT2D eigenvalue weighted by molar-refractivity contribution is 5.73. The predicted molar refractivity (Wildman–Crippen MR) is 73.7 cm³/mol. The molecule has 1 heterocycles. The van der Waals surface area contributed by atoms with Gasteiger partial charge in [0.25, 0.3) is 0 Å². The molecule has 0 unspecified atom stereocenters. The number of nitrogens with one attached hydrogen (secondary N) is 1. The van der Waals surface area contributed by atoms with E-state index in [-0.39, 0.29) is 0 Å². The van der Waals surface area contributed by atoms with Gasteiger partial charge in [0.15, 0.2) is 5.75 Å².